The van der Waals surface area contributed by atoms with Crippen LogP contribution in [-0.4, -0.2) is 10.2 Å². The minimum absolute atomic E-state index is 0.0115. The Morgan fingerprint density at radius 2 is 1.21 bits per heavy atom. The Labute approximate surface area is 211 Å². The first-order chi connectivity index (χ1) is 18.0. The fourth-order valence-corrected chi connectivity index (χ4v) is 4.82. The number of rotatable bonds is 2. The Morgan fingerprint density at radius 3 is 1.82 bits per heavy atom. The van der Waals surface area contributed by atoms with Gasteiger partial charge < -0.3 is 4.42 Å². The van der Waals surface area contributed by atoms with Crippen LogP contribution in [0, 0.1) is 6.92 Å². The molecule has 0 saturated carbocycles. The topological polar surface area (TPSA) is 38.9 Å². The van der Waals surface area contributed by atoms with E-state index in [0.29, 0.717) is 28.2 Å². The van der Waals surface area contributed by atoms with Gasteiger partial charge in [-0.2, -0.15) is 26.3 Å². The van der Waals surface area contributed by atoms with E-state index in [1.165, 1.54) is 6.92 Å². The van der Waals surface area contributed by atoms with Crippen molar-refractivity contribution in [1.29, 1.82) is 0 Å². The van der Waals surface area contributed by atoms with Gasteiger partial charge in [-0.05, 0) is 59.7 Å². The van der Waals surface area contributed by atoms with E-state index in [-0.39, 0.29) is 22.3 Å². The molecular weight excluding hydrogens is 506 g/mol. The fourth-order valence-electron chi connectivity index (χ4n) is 4.82. The zero-order chi connectivity index (χ0) is 26.8. The molecule has 190 valence electrons. The van der Waals surface area contributed by atoms with Crippen molar-refractivity contribution in [2.75, 3.05) is 0 Å². The van der Waals surface area contributed by atoms with Crippen LogP contribution in [0.4, 0.5) is 26.3 Å². The van der Waals surface area contributed by atoms with Crippen LogP contribution in [0.15, 0.2) is 83.3 Å². The highest BCUT2D eigenvalue weighted by molar-refractivity contribution is 6.08. The van der Waals surface area contributed by atoms with Crippen molar-refractivity contribution in [3.8, 4) is 22.7 Å². The molecule has 0 aliphatic heterocycles. The van der Waals surface area contributed by atoms with Crippen molar-refractivity contribution in [2.24, 2.45) is 0 Å². The number of aromatic nitrogens is 2. The van der Waals surface area contributed by atoms with E-state index in [2.05, 4.69) is 10.2 Å². The third-order valence-corrected chi connectivity index (χ3v) is 6.43. The number of benzene rings is 4. The summed E-state index contributed by atoms with van der Waals surface area (Å²) in [5, 5.41) is 11.2. The maximum absolute atomic E-state index is 14.2. The highest BCUT2D eigenvalue weighted by Gasteiger charge is 2.45. The second kappa shape index (κ2) is 8.31. The number of hydrogen-bond acceptors (Lipinski definition) is 3. The van der Waals surface area contributed by atoms with Crippen molar-refractivity contribution in [3.05, 3.63) is 95.6 Å². The van der Waals surface area contributed by atoms with Gasteiger partial charge >= 0.3 is 12.4 Å². The molecule has 9 heteroatoms. The first-order valence-electron chi connectivity index (χ1n) is 11.5. The van der Waals surface area contributed by atoms with Crippen LogP contribution >= 0.6 is 0 Å². The maximum Gasteiger partial charge on any atom is 0.417 e. The van der Waals surface area contributed by atoms with Crippen LogP contribution in [0.3, 0.4) is 0 Å². The number of para-hydroxylation sites is 1. The lowest BCUT2D eigenvalue weighted by Gasteiger charge is -2.21. The molecule has 0 radical (unpaired) electrons. The lowest BCUT2D eigenvalue weighted by Crippen LogP contribution is -2.18. The van der Waals surface area contributed by atoms with E-state index < -0.39 is 29.0 Å². The van der Waals surface area contributed by atoms with Crippen molar-refractivity contribution in [1.82, 2.24) is 10.2 Å². The molecule has 6 aromatic rings. The van der Waals surface area contributed by atoms with Crippen molar-refractivity contribution >= 4 is 32.5 Å². The van der Waals surface area contributed by atoms with Crippen molar-refractivity contribution < 1.29 is 30.8 Å². The van der Waals surface area contributed by atoms with Gasteiger partial charge in [-0.25, -0.2) is 0 Å². The molecule has 0 N–H and O–H groups in total. The number of alkyl halides is 6. The Morgan fingerprint density at radius 1 is 0.632 bits per heavy atom. The molecule has 0 amide bonds. The molecule has 4 aromatic carbocycles. The number of fused-ring (bicyclic) bond motifs is 3. The second-order valence-corrected chi connectivity index (χ2v) is 9.02. The van der Waals surface area contributed by atoms with Gasteiger partial charge in [-0.15, -0.1) is 10.2 Å². The van der Waals surface area contributed by atoms with Crippen LogP contribution in [0.2, 0.25) is 0 Å². The van der Waals surface area contributed by atoms with Crippen LogP contribution in [0.1, 0.15) is 16.7 Å². The molecule has 38 heavy (non-hydrogen) atoms. The Kier molecular flexibility index (Phi) is 5.24. The second-order valence-electron chi connectivity index (χ2n) is 9.02. The summed E-state index contributed by atoms with van der Waals surface area (Å²) in [5.41, 5.74) is -3.69. The molecule has 0 unspecified atom stereocenters. The third-order valence-electron chi connectivity index (χ3n) is 6.43. The highest BCUT2D eigenvalue weighted by Crippen LogP contribution is 2.47. The van der Waals surface area contributed by atoms with E-state index in [1.807, 2.05) is 24.3 Å². The van der Waals surface area contributed by atoms with Crippen LogP contribution in [0.25, 0.3) is 55.2 Å². The summed E-state index contributed by atoms with van der Waals surface area (Å²) < 4.78 is 90.0. The maximum atomic E-state index is 14.2. The molecule has 0 aliphatic rings. The Balaban J connectivity index is 1.73. The predicted molar refractivity (Wildman–Crippen MR) is 132 cm³/mol. The van der Waals surface area contributed by atoms with Gasteiger partial charge in [0.25, 0.3) is 0 Å². The lowest BCUT2D eigenvalue weighted by atomic mass is 9.91. The number of halogens is 6. The van der Waals surface area contributed by atoms with E-state index >= 15 is 0 Å². The number of furan rings is 1. The van der Waals surface area contributed by atoms with Gasteiger partial charge in [-0.1, -0.05) is 42.5 Å². The number of aryl methyl sites for hydroxylation is 1. The SMILES string of the molecule is Cc1cc(-c2nnc(-c3cc4ccccc4o3)c3cc4ccccc4cc23)c(C(F)(F)F)c(C(F)(F)F)c1. The van der Waals surface area contributed by atoms with Crippen molar-refractivity contribution in [3.63, 3.8) is 0 Å². The summed E-state index contributed by atoms with van der Waals surface area (Å²) in [4.78, 5) is 0. The highest BCUT2D eigenvalue weighted by atomic mass is 19.4. The summed E-state index contributed by atoms with van der Waals surface area (Å²) in [6.07, 6.45) is -10.5. The summed E-state index contributed by atoms with van der Waals surface area (Å²) in [6, 6.07) is 21.1. The molecule has 2 aromatic heterocycles. The van der Waals surface area contributed by atoms with Gasteiger partial charge in [0.1, 0.15) is 17.0 Å². The fraction of sp³-hybridized carbons (Fsp3) is 0.103. The summed E-state index contributed by atoms with van der Waals surface area (Å²) >= 11 is 0. The predicted octanol–water partition coefficient (Wildman–Crippen LogP) is 9.21. The quantitative estimate of drug-likeness (QED) is 0.168. The first-order valence-corrected chi connectivity index (χ1v) is 11.5. The van der Waals surface area contributed by atoms with E-state index in [1.54, 1.807) is 42.5 Å². The monoisotopic (exact) mass is 522 g/mol. The third kappa shape index (κ3) is 3.95. The number of nitrogens with zero attached hydrogens (tertiary/aromatic N) is 2. The summed E-state index contributed by atoms with van der Waals surface area (Å²) in [5.74, 6) is 0.335. The van der Waals surface area contributed by atoms with Crippen LogP contribution in [-0.2, 0) is 12.4 Å². The zero-order valence-corrected chi connectivity index (χ0v) is 19.6. The molecule has 0 atom stereocenters. The smallest absolute Gasteiger partial charge is 0.417 e. The van der Waals surface area contributed by atoms with E-state index in [0.717, 1.165) is 16.8 Å². The molecule has 0 bridgehead atoms. The van der Waals surface area contributed by atoms with Gasteiger partial charge in [0, 0.05) is 21.7 Å². The average Bonchev–Trinajstić information content (AvgIpc) is 3.29. The molecule has 0 fully saturated rings. The lowest BCUT2D eigenvalue weighted by molar-refractivity contribution is -0.161. The van der Waals surface area contributed by atoms with Gasteiger partial charge in [0.05, 0.1) is 11.1 Å². The van der Waals surface area contributed by atoms with E-state index in [9.17, 15) is 26.3 Å². The molecule has 3 nitrogen and oxygen atoms in total. The average molecular weight is 522 g/mol. The van der Waals surface area contributed by atoms with Crippen molar-refractivity contribution in [2.45, 2.75) is 19.3 Å². The van der Waals surface area contributed by atoms with Crippen LogP contribution in [0.5, 0.6) is 0 Å². The molecule has 0 saturated heterocycles. The molecule has 0 spiro atoms. The normalized spacial score (nSPS) is 12.6. The minimum atomic E-state index is -5.30. The summed E-state index contributed by atoms with van der Waals surface area (Å²) in [7, 11) is 0. The molecule has 2 heterocycles. The first kappa shape index (κ1) is 24.0. The van der Waals surface area contributed by atoms with Gasteiger partial charge in [0.2, 0.25) is 0 Å². The molecule has 6 rings (SSSR count). The minimum Gasteiger partial charge on any atom is -0.454 e. The van der Waals surface area contributed by atoms with Crippen LogP contribution < -0.4 is 0 Å². The van der Waals surface area contributed by atoms with E-state index in [4.69, 9.17) is 4.42 Å². The zero-order valence-electron chi connectivity index (χ0n) is 19.6. The largest absolute Gasteiger partial charge is 0.454 e. The standard InChI is InChI=1S/C29H16F6N2O/c1-15-10-21(25(29(33,34)35)22(11-15)28(30,31)32)26-19-12-16-6-2-3-7-17(16)13-20(19)27(37-36-26)24-14-18-8-4-5-9-23(18)38-24/h2-14H,1H3. The summed E-state index contributed by atoms with van der Waals surface area (Å²) in [6.45, 7) is 1.31. The molecular formula is C29H16F6N2O. The number of hydrogen-bond donors (Lipinski definition) is 0. The Hall–Kier alpha value is -4.40. The van der Waals surface area contributed by atoms with Gasteiger partial charge in [-0.3, -0.25) is 0 Å². The Bertz CT molecular complexity index is 1830. The molecule has 0 aliphatic carbocycles. The van der Waals surface area contributed by atoms with Gasteiger partial charge in [0.15, 0.2) is 5.76 Å².